The highest BCUT2D eigenvalue weighted by molar-refractivity contribution is 7.92. The molecule has 0 aromatic heterocycles. The molecule has 0 atom stereocenters. The van der Waals surface area contributed by atoms with Crippen molar-refractivity contribution in [1.82, 2.24) is 4.90 Å². The van der Waals surface area contributed by atoms with Gasteiger partial charge in [0.1, 0.15) is 5.75 Å². The molecule has 0 spiro atoms. The largest absolute Gasteiger partial charge is 0.494 e. The van der Waals surface area contributed by atoms with Crippen molar-refractivity contribution in [2.75, 3.05) is 19.7 Å². The summed E-state index contributed by atoms with van der Waals surface area (Å²) in [6.07, 6.45) is 6.80. The Kier molecular flexibility index (Phi) is 6.22. The molecule has 1 amide bonds. The summed E-state index contributed by atoms with van der Waals surface area (Å²) in [6, 6.07) is 7.12. The van der Waals surface area contributed by atoms with Gasteiger partial charge >= 0.3 is 0 Å². The molecule has 1 aliphatic carbocycles. The Labute approximate surface area is 156 Å². The van der Waals surface area contributed by atoms with Crippen LogP contribution in [0.3, 0.4) is 0 Å². The lowest BCUT2D eigenvalue weighted by molar-refractivity contribution is 0.0658. The van der Waals surface area contributed by atoms with Crippen molar-refractivity contribution in [2.24, 2.45) is 0 Å². The van der Waals surface area contributed by atoms with E-state index < -0.39 is 9.84 Å². The Hall–Kier alpha value is -1.56. The fourth-order valence-corrected chi connectivity index (χ4v) is 6.00. The third-order valence-electron chi connectivity index (χ3n) is 5.48. The summed E-state index contributed by atoms with van der Waals surface area (Å²) in [7, 11) is -3.11. The SMILES string of the molecule is CCCCOc1ccc(C(=O)N2CC(S(=O)(=O)C3CCCCC3)C2)cc1. The van der Waals surface area contributed by atoms with Gasteiger partial charge < -0.3 is 9.64 Å². The van der Waals surface area contributed by atoms with Crippen LogP contribution in [0, 0.1) is 0 Å². The zero-order valence-corrected chi connectivity index (χ0v) is 16.3. The summed E-state index contributed by atoms with van der Waals surface area (Å²) >= 11 is 0. The smallest absolute Gasteiger partial charge is 0.253 e. The number of nitrogens with zero attached hydrogens (tertiary/aromatic N) is 1. The topological polar surface area (TPSA) is 63.7 Å². The predicted molar refractivity (Wildman–Crippen MR) is 102 cm³/mol. The van der Waals surface area contributed by atoms with Crippen LogP contribution in [0.15, 0.2) is 24.3 Å². The van der Waals surface area contributed by atoms with Crippen LogP contribution in [0.2, 0.25) is 0 Å². The van der Waals surface area contributed by atoms with Crippen molar-refractivity contribution >= 4 is 15.7 Å². The van der Waals surface area contributed by atoms with Crippen molar-refractivity contribution in [1.29, 1.82) is 0 Å². The first kappa shape index (κ1) is 19.2. The predicted octanol–water partition coefficient (Wildman–Crippen LogP) is 3.44. The van der Waals surface area contributed by atoms with Gasteiger partial charge in [-0.15, -0.1) is 0 Å². The zero-order chi connectivity index (χ0) is 18.6. The molecule has 0 unspecified atom stereocenters. The fourth-order valence-electron chi connectivity index (χ4n) is 3.69. The molecular weight excluding hydrogens is 350 g/mol. The highest BCUT2D eigenvalue weighted by Crippen LogP contribution is 2.30. The molecule has 1 heterocycles. The second-order valence-electron chi connectivity index (χ2n) is 7.41. The quantitative estimate of drug-likeness (QED) is 0.681. The monoisotopic (exact) mass is 379 g/mol. The molecule has 144 valence electrons. The van der Waals surface area contributed by atoms with Gasteiger partial charge in [0.25, 0.3) is 5.91 Å². The molecule has 1 aliphatic heterocycles. The molecule has 3 rings (SSSR count). The molecule has 1 aromatic carbocycles. The number of likely N-dealkylation sites (tertiary alicyclic amines) is 1. The summed E-state index contributed by atoms with van der Waals surface area (Å²) < 4.78 is 31.0. The van der Waals surface area contributed by atoms with E-state index in [4.69, 9.17) is 4.74 Å². The Morgan fingerprint density at radius 1 is 1.08 bits per heavy atom. The first-order chi connectivity index (χ1) is 12.5. The average molecular weight is 380 g/mol. The van der Waals surface area contributed by atoms with Crippen LogP contribution in [0.1, 0.15) is 62.2 Å². The van der Waals surface area contributed by atoms with Crippen molar-refractivity contribution in [3.05, 3.63) is 29.8 Å². The van der Waals surface area contributed by atoms with Crippen molar-refractivity contribution in [3.8, 4) is 5.75 Å². The van der Waals surface area contributed by atoms with Gasteiger partial charge in [-0.3, -0.25) is 4.79 Å². The number of hydrogen-bond acceptors (Lipinski definition) is 4. The van der Waals surface area contributed by atoms with Gasteiger partial charge in [0.2, 0.25) is 0 Å². The van der Waals surface area contributed by atoms with Crippen molar-refractivity contribution < 1.29 is 17.9 Å². The number of sulfone groups is 1. The van der Waals surface area contributed by atoms with Crippen LogP contribution >= 0.6 is 0 Å². The summed E-state index contributed by atoms with van der Waals surface area (Å²) in [5, 5.41) is -0.579. The molecule has 0 bridgehead atoms. The van der Waals surface area contributed by atoms with E-state index >= 15 is 0 Å². The maximum Gasteiger partial charge on any atom is 0.253 e. The molecule has 0 radical (unpaired) electrons. The van der Waals surface area contributed by atoms with Gasteiger partial charge in [-0.2, -0.15) is 0 Å². The van der Waals surface area contributed by atoms with Crippen LogP contribution < -0.4 is 4.74 Å². The van der Waals surface area contributed by atoms with Gasteiger partial charge in [-0.25, -0.2) is 8.42 Å². The maximum atomic E-state index is 12.7. The lowest BCUT2D eigenvalue weighted by Gasteiger charge is -2.40. The van der Waals surface area contributed by atoms with E-state index in [1.165, 1.54) is 0 Å². The van der Waals surface area contributed by atoms with Crippen molar-refractivity contribution in [3.63, 3.8) is 0 Å². The minimum atomic E-state index is -3.11. The standard InChI is InChI=1S/C20H29NO4S/c1-2-3-13-25-17-11-9-16(10-12-17)20(22)21-14-19(15-21)26(23,24)18-7-5-4-6-8-18/h9-12,18-19H,2-8,13-15H2,1H3. The minimum absolute atomic E-state index is 0.0970. The van der Waals surface area contributed by atoms with Crippen LogP contribution in [0.5, 0.6) is 5.75 Å². The third-order valence-corrected chi connectivity index (χ3v) is 8.11. The second kappa shape index (κ2) is 8.42. The lowest BCUT2D eigenvalue weighted by atomic mass is 10.0. The average Bonchev–Trinajstić information content (AvgIpc) is 2.62. The normalized spacial score (nSPS) is 19.2. The van der Waals surface area contributed by atoms with Crippen LogP contribution in [-0.4, -0.2) is 49.4 Å². The third kappa shape index (κ3) is 4.22. The number of amides is 1. The van der Waals surface area contributed by atoms with Gasteiger partial charge in [0.05, 0.1) is 17.1 Å². The molecule has 0 N–H and O–H groups in total. The number of hydrogen-bond donors (Lipinski definition) is 0. The van der Waals surface area contributed by atoms with E-state index in [2.05, 4.69) is 6.92 Å². The van der Waals surface area contributed by atoms with E-state index in [1.807, 2.05) is 0 Å². The van der Waals surface area contributed by atoms with Gasteiger partial charge in [0.15, 0.2) is 9.84 Å². The number of carbonyl (C=O) groups excluding carboxylic acids is 1. The summed E-state index contributed by atoms with van der Waals surface area (Å²) in [5.74, 6) is 0.663. The molecule has 6 heteroatoms. The number of rotatable bonds is 7. The van der Waals surface area contributed by atoms with Crippen molar-refractivity contribution in [2.45, 2.75) is 62.4 Å². The van der Waals surface area contributed by atoms with E-state index in [-0.39, 0.29) is 16.4 Å². The minimum Gasteiger partial charge on any atom is -0.494 e. The Bertz CT molecular complexity index is 702. The highest BCUT2D eigenvalue weighted by Gasteiger charge is 2.43. The summed E-state index contributed by atoms with van der Waals surface area (Å²) in [4.78, 5) is 14.2. The van der Waals surface area contributed by atoms with Gasteiger partial charge in [-0.1, -0.05) is 32.6 Å². The fraction of sp³-hybridized carbons (Fsp3) is 0.650. The molecule has 1 saturated heterocycles. The van der Waals surface area contributed by atoms with Crippen LogP contribution in [0.4, 0.5) is 0 Å². The first-order valence-electron chi connectivity index (χ1n) is 9.77. The highest BCUT2D eigenvalue weighted by atomic mass is 32.2. The number of carbonyl (C=O) groups is 1. The van der Waals surface area contributed by atoms with Gasteiger partial charge in [0, 0.05) is 18.7 Å². The zero-order valence-electron chi connectivity index (χ0n) is 15.5. The molecule has 5 nitrogen and oxygen atoms in total. The summed E-state index contributed by atoms with van der Waals surface area (Å²) in [5.41, 5.74) is 0.585. The Morgan fingerprint density at radius 2 is 1.73 bits per heavy atom. The Morgan fingerprint density at radius 3 is 2.35 bits per heavy atom. The molecule has 2 fully saturated rings. The Balaban J connectivity index is 1.52. The molecule has 2 aliphatic rings. The van der Waals surface area contributed by atoms with E-state index in [9.17, 15) is 13.2 Å². The van der Waals surface area contributed by atoms with E-state index in [1.54, 1.807) is 29.2 Å². The molecule has 26 heavy (non-hydrogen) atoms. The summed E-state index contributed by atoms with van der Waals surface area (Å²) in [6.45, 7) is 3.44. The number of unbranched alkanes of at least 4 members (excludes halogenated alkanes) is 1. The lowest BCUT2D eigenvalue weighted by Crippen LogP contribution is -2.58. The van der Waals surface area contributed by atoms with E-state index in [0.29, 0.717) is 25.3 Å². The van der Waals surface area contributed by atoms with Gasteiger partial charge in [-0.05, 0) is 43.5 Å². The first-order valence-corrected chi connectivity index (χ1v) is 11.4. The molecular formula is C20H29NO4S. The second-order valence-corrected chi connectivity index (χ2v) is 9.92. The molecule has 1 aromatic rings. The van der Waals surface area contributed by atoms with Crippen LogP contribution in [-0.2, 0) is 9.84 Å². The maximum absolute atomic E-state index is 12.7. The molecule has 1 saturated carbocycles. The number of ether oxygens (including phenoxy) is 1. The van der Waals surface area contributed by atoms with Crippen LogP contribution in [0.25, 0.3) is 0 Å². The van der Waals surface area contributed by atoms with E-state index in [0.717, 1.165) is 50.7 Å². The number of benzene rings is 1.